The van der Waals surface area contributed by atoms with Crippen LogP contribution in [-0.2, 0) is 16.1 Å². The van der Waals surface area contributed by atoms with Gasteiger partial charge in [0.2, 0.25) is 0 Å². The van der Waals surface area contributed by atoms with Crippen LogP contribution in [0.2, 0.25) is 5.02 Å². The lowest BCUT2D eigenvalue weighted by molar-refractivity contribution is -0.124. The zero-order valence-electron chi connectivity index (χ0n) is 12.5. The number of aromatic hydroxyl groups is 1. The quantitative estimate of drug-likeness (QED) is 0.825. The molecule has 0 aliphatic heterocycles. The van der Waals surface area contributed by atoms with Gasteiger partial charge in [0, 0.05) is 11.6 Å². The van der Waals surface area contributed by atoms with E-state index in [1.165, 1.54) is 18.2 Å². The summed E-state index contributed by atoms with van der Waals surface area (Å²) in [6, 6.07) is 11.7. The zero-order chi connectivity index (χ0) is 16.8. The first-order valence-electron chi connectivity index (χ1n) is 6.93. The smallest absolute Gasteiger partial charge is 0.342 e. The van der Waals surface area contributed by atoms with E-state index < -0.39 is 18.5 Å². The zero-order valence-corrected chi connectivity index (χ0v) is 13.3. The summed E-state index contributed by atoms with van der Waals surface area (Å²) in [4.78, 5) is 23.5. The Morgan fingerprint density at radius 2 is 1.87 bits per heavy atom. The fourth-order valence-corrected chi connectivity index (χ4v) is 2.01. The molecule has 0 unspecified atom stereocenters. The molecule has 0 heterocycles. The van der Waals surface area contributed by atoms with Crippen LogP contribution in [-0.4, -0.2) is 23.6 Å². The predicted molar refractivity (Wildman–Crippen MR) is 86.4 cm³/mol. The van der Waals surface area contributed by atoms with Gasteiger partial charge in [-0.05, 0) is 30.7 Å². The van der Waals surface area contributed by atoms with Gasteiger partial charge in [0.05, 0.1) is 0 Å². The van der Waals surface area contributed by atoms with E-state index in [1.807, 2.05) is 31.2 Å². The van der Waals surface area contributed by atoms with E-state index in [2.05, 4.69) is 5.32 Å². The van der Waals surface area contributed by atoms with Crippen LogP contribution in [0.3, 0.4) is 0 Å². The first-order valence-corrected chi connectivity index (χ1v) is 7.31. The molecule has 0 bridgehead atoms. The van der Waals surface area contributed by atoms with Gasteiger partial charge in [0.15, 0.2) is 6.61 Å². The highest BCUT2D eigenvalue weighted by Gasteiger charge is 2.14. The summed E-state index contributed by atoms with van der Waals surface area (Å²) in [5, 5.41) is 12.6. The molecule has 2 aromatic carbocycles. The van der Waals surface area contributed by atoms with Gasteiger partial charge in [-0.2, -0.15) is 0 Å². The highest BCUT2D eigenvalue weighted by atomic mass is 35.5. The number of esters is 1. The molecule has 0 saturated carbocycles. The second-order valence-electron chi connectivity index (χ2n) is 5.00. The number of ether oxygens (including phenoxy) is 1. The van der Waals surface area contributed by atoms with Crippen molar-refractivity contribution in [2.24, 2.45) is 0 Å². The van der Waals surface area contributed by atoms with Crippen molar-refractivity contribution < 1.29 is 19.4 Å². The van der Waals surface area contributed by atoms with Crippen molar-refractivity contribution in [3.05, 3.63) is 64.2 Å². The van der Waals surface area contributed by atoms with E-state index >= 15 is 0 Å². The third kappa shape index (κ3) is 5.00. The molecule has 0 fully saturated rings. The van der Waals surface area contributed by atoms with Gasteiger partial charge in [-0.25, -0.2) is 4.79 Å². The molecule has 23 heavy (non-hydrogen) atoms. The van der Waals surface area contributed by atoms with Crippen LogP contribution in [0.4, 0.5) is 0 Å². The summed E-state index contributed by atoms with van der Waals surface area (Å²) in [5.74, 6) is -1.50. The van der Waals surface area contributed by atoms with Crippen molar-refractivity contribution >= 4 is 23.5 Å². The van der Waals surface area contributed by atoms with E-state index in [-0.39, 0.29) is 11.3 Å². The predicted octanol–water partition coefficient (Wildman–Crippen LogP) is 2.83. The third-order valence-electron chi connectivity index (χ3n) is 3.12. The Bertz CT molecular complexity index is 713. The lowest BCUT2D eigenvalue weighted by Gasteiger charge is -2.08. The summed E-state index contributed by atoms with van der Waals surface area (Å²) < 4.78 is 4.86. The van der Waals surface area contributed by atoms with Crippen LogP contribution in [0, 0.1) is 6.92 Å². The number of phenolic OH excluding ortho intramolecular Hbond substituents is 1. The lowest BCUT2D eigenvalue weighted by atomic mass is 10.1. The second-order valence-corrected chi connectivity index (χ2v) is 5.44. The van der Waals surface area contributed by atoms with Gasteiger partial charge in [-0.15, -0.1) is 0 Å². The second kappa shape index (κ2) is 7.65. The Kier molecular flexibility index (Phi) is 5.60. The molecular formula is C17H16ClNO4. The number of benzene rings is 2. The normalized spacial score (nSPS) is 10.2. The number of rotatable bonds is 5. The third-order valence-corrected chi connectivity index (χ3v) is 3.36. The topological polar surface area (TPSA) is 75.6 Å². The number of hydrogen-bond acceptors (Lipinski definition) is 4. The summed E-state index contributed by atoms with van der Waals surface area (Å²) in [6.45, 7) is 1.91. The van der Waals surface area contributed by atoms with Gasteiger partial charge in [-0.1, -0.05) is 41.4 Å². The number of hydrogen-bond donors (Lipinski definition) is 2. The number of carbonyl (C=O) groups is 2. The number of halogens is 1. The molecule has 120 valence electrons. The number of aryl methyl sites for hydroxylation is 1. The van der Waals surface area contributed by atoms with Gasteiger partial charge >= 0.3 is 5.97 Å². The van der Waals surface area contributed by atoms with Gasteiger partial charge in [0.1, 0.15) is 11.3 Å². The van der Waals surface area contributed by atoms with E-state index in [9.17, 15) is 14.7 Å². The molecule has 0 atom stereocenters. The fourth-order valence-electron chi connectivity index (χ4n) is 1.84. The van der Waals surface area contributed by atoms with Crippen molar-refractivity contribution in [3.8, 4) is 5.75 Å². The maximum absolute atomic E-state index is 11.8. The van der Waals surface area contributed by atoms with Crippen molar-refractivity contribution in [1.82, 2.24) is 5.32 Å². The molecule has 0 aliphatic rings. The van der Waals surface area contributed by atoms with Crippen molar-refractivity contribution in [3.63, 3.8) is 0 Å². The average Bonchev–Trinajstić information content (AvgIpc) is 2.52. The molecule has 1 amide bonds. The molecular weight excluding hydrogens is 318 g/mol. The van der Waals surface area contributed by atoms with Gasteiger partial charge < -0.3 is 15.2 Å². The molecule has 0 spiro atoms. The Morgan fingerprint density at radius 1 is 1.17 bits per heavy atom. The summed E-state index contributed by atoms with van der Waals surface area (Å²) in [5.41, 5.74) is 2.04. The van der Waals surface area contributed by atoms with E-state index in [1.54, 1.807) is 0 Å². The molecule has 0 aromatic heterocycles. The summed E-state index contributed by atoms with van der Waals surface area (Å²) >= 11 is 5.68. The first-order chi connectivity index (χ1) is 11.0. The van der Waals surface area contributed by atoms with E-state index in [0.717, 1.165) is 11.1 Å². The Labute approximate surface area is 138 Å². The Morgan fingerprint density at radius 3 is 2.52 bits per heavy atom. The standard InChI is InChI=1S/C17H16ClNO4/c1-11-2-4-12(5-3-11)9-19-16(21)10-23-17(22)14-7-6-13(18)8-15(14)20/h2-8,20H,9-10H2,1H3,(H,19,21). The van der Waals surface area contributed by atoms with Crippen molar-refractivity contribution in [1.29, 1.82) is 0 Å². The molecule has 0 aliphatic carbocycles. The minimum atomic E-state index is -0.787. The van der Waals surface area contributed by atoms with Gasteiger partial charge in [0.25, 0.3) is 5.91 Å². The van der Waals surface area contributed by atoms with Crippen LogP contribution >= 0.6 is 11.6 Å². The molecule has 0 radical (unpaired) electrons. The monoisotopic (exact) mass is 333 g/mol. The van der Waals surface area contributed by atoms with E-state index in [4.69, 9.17) is 16.3 Å². The van der Waals surface area contributed by atoms with Crippen LogP contribution in [0.1, 0.15) is 21.5 Å². The van der Waals surface area contributed by atoms with Crippen LogP contribution in [0.25, 0.3) is 0 Å². The van der Waals surface area contributed by atoms with Crippen molar-refractivity contribution in [2.45, 2.75) is 13.5 Å². The molecule has 2 aromatic rings. The molecule has 5 nitrogen and oxygen atoms in total. The number of phenols is 1. The highest BCUT2D eigenvalue weighted by Crippen LogP contribution is 2.22. The van der Waals surface area contributed by atoms with E-state index in [0.29, 0.717) is 11.6 Å². The van der Waals surface area contributed by atoms with Crippen LogP contribution in [0.5, 0.6) is 5.75 Å². The van der Waals surface area contributed by atoms with Crippen LogP contribution < -0.4 is 5.32 Å². The Balaban J connectivity index is 1.81. The lowest BCUT2D eigenvalue weighted by Crippen LogP contribution is -2.28. The number of nitrogens with one attached hydrogen (secondary N) is 1. The molecule has 0 saturated heterocycles. The SMILES string of the molecule is Cc1ccc(CNC(=O)COC(=O)c2ccc(Cl)cc2O)cc1. The molecule has 2 rings (SSSR count). The van der Waals surface area contributed by atoms with Crippen molar-refractivity contribution in [2.75, 3.05) is 6.61 Å². The maximum atomic E-state index is 11.8. The Hall–Kier alpha value is -2.53. The largest absolute Gasteiger partial charge is 0.507 e. The summed E-state index contributed by atoms with van der Waals surface area (Å²) in [7, 11) is 0. The number of amides is 1. The highest BCUT2D eigenvalue weighted by molar-refractivity contribution is 6.30. The molecule has 2 N–H and O–H groups in total. The maximum Gasteiger partial charge on any atom is 0.342 e. The van der Waals surface area contributed by atoms with Gasteiger partial charge in [-0.3, -0.25) is 4.79 Å². The van der Waals surface area contributed by atoms with Crippen LogP contribution in [0.15, 0.2) is 42.5 Å². The first kappa shape index (κ1) is 16.8. The minimum absolute atomic E-state index is 0.0410. The average molecular weight is 334 g/mol. The summed E-state index contributed by atoms with van der Waals surface area (Å²) in [6.07, 6.45) is 0. The molecule has 6 heteroatoms. The number of carbonyl (C=O) groups excluding carboxylic acids is 2. The minimum Gasteiger partial charge on any atom is -0.507 e. The fraction of sp³-hybridized carbons (Fsp3) is 0.176.